The predicted octanol–water partition coefficient (Wildman–Crippen LogP) is 1.41. The average molecular weight is 322 g/mol. The summed E-state index contributed by atoms with van der Waals surface area (Å²) in [6, 6.07) is 6.81. The number of hydrogen-bond donors (Lipinski definition) is 2. The van der Waals surface area contributed by atoms with E-state index in [-0.39, 0.29) is 31.4 Å². The Morgan fingerprint density at radius 2 is 2.14 bits per heavy atom. The van der Waals surface area contributed by atoms with Crippen LogP contribution in [0, 0.1) is 0 Å². The van der Waals surface area contributed by atoms with E-state index < -0.39 is 6.03 Å². The molecule has 0 unspecified atom stereocenters. The molecule has 0 aliphatic carbocycles. The summed E-state index contributed by atoms with van der Waals surface area (Å²) in [4.78, 5) is 35.6. The summed E-state index contributed by atoms with van der Waals surface area (Å²) in [5.74, 6) is -0.591. The molecule has 116 valence electrons. The molecule has 0 bridgehead atoms. The van der Waals surface area contributed by atoms with Crippen LogP contribution in [0.1, 0.15) is 12.5 Å². The maximum Gasteiger partial charge on any atom is 0.324 e. The Balaban J connectivity index is 1.88. The van der Waals surface area contributed by atoms with Crippen molar-refractivity contribution in [3.05, 3.63) is 40.9 Å². The first-order valence-electron chi connectivity index (χ1n) is 6.78. The minimum Gasteiger partial charge on any atom is -0.351 e. The summed E-state index contributed by atoms with van der Waals surface area (Å²) in [5.41, 5.74) is 1.52. The van der Waals surface area contributed by atoms with Crippen LogP contribution >= 0.6 is 11.6 Å². The van der Waals surface area contributed by atoms with E-state index in [9.17, 15) is 14.4 Å². The van der Waals surface area contributed by atoms with Crippen molar-refractivity contribution in [1.82, 2.24) is 15.5 Å². The Bertz CT molecular complexity index is 627. The maximum absolute atomic E-state index is 11.8. The van der Waals surface area contributed by atoms with Crippen molar-refractivity contribution in [3.63, 3.8) is 0 Å². The number of hydrogen-bond acceptors (Lipinski definition) is 3. The Labute approximate surface area is 133 Å². The van der Waals surface area contributed by atoms with Crippen molar-refractivity contribution in [2.75, 3.05) is 19.6 Å². The topological polar surface area (TPSA) is 78.5 Å². The van der Waals surface area contributed by atoms with Crippen LogP contribution < -0.4 is 10.6 Å². The molecule has 0 spiro atoms. The lowest BCUT2D eigenvalue weighted by Gasteiger charge is -2.12. The van der Waals surface area contributed by atoms with Crippen LogP contribution in [-0.2, 0) is 9.59 Å². The molecule has 0 saturated carbocycles. The van der Waals surface area contributed by atoms with Crippen LogP contribution in [0.5, 0.6) is 0 Å². The Morgan fingerprint density at radius 3 is 2.77 bits per heavy atom. The molecule has 1 aromatic rings. The predicted molar refractivity (Wildman–Crippen MR) is 83.2 cm³/mol. The zero-order valence-corrected chi connectivity index (χ0v) is 12.8. The quantitative estimate of drug-likeness (QED) is 0.636. The van der Waals surface area contributed by atoms with Crippen molar-refractivity contribution < 1.29 is 14.4 Å². The SMILES string of the molecule is CC(=CC(=O)NCCN1C(=O)CNC1=O)c1ccccc1Cl. The Hall–Kier alpha value is -2.34. The lowest BCUT2D eigenvalue weighted by Crippen LogP contribution is -2.38. The number of urea groups is 1. The standard InChI is InChI=1S/C15H16ClN3O3/c1-10(11-4-2-3-5-12(11)16)8-13(20)17-6-7-19-14(21)9-18-15(19)22/h2-5,8H,6-7,9H2,1H3,(H,17,20)(H,18,22). The van der Waals surface area contributed by atoms with Crippen LogP contribution in [0.25, 0.3) is 5.57 Å². The van der Waals surface area contributed by atoms with E-state index in [0.29, 0.717) is 5.02 Å². The zero-order valence-electron chi connectivity index (χ0n) is 12.1. The van der Waals surface area contributed by atoms with Gasteiger partial charge in [0.05, 0.1) is 6.54 Å². The summed E-state index contributed by atoms with van der Waals surface area (Å²) in [6.45, 7) is 2.15. The van der Waals surface area contributed by atoms with Gasteiger partial charge < -0.3 is 10.6 Å². The van der Waals surface area contributed by atoms with E-state index in [1.54, 1.807) is 13.0 Å². The van der Waals surface area contributed by atoms with Gasteiger partial charge in [-0.3, -0.25) is 14.5 Å². The number of nitrogens with one attached hydrogen (secondary N) is 2. The summed E-state index contributed by atoms with van der Waals surface area (Å²) in [7, 11) is 0. The largest absolute Gasteiger partial charge is 0.351 e. The van der Waals surface area contributed by atoms with E-state index >= 15 is 0 Å². The summed E-state index contributed by atoms with van der Waals surface area (Å²) in [5, 5.41) is 5.63. The fraction of sp³-hybridized carbons (Fsp3) is 0.267. The van der Waals surface area contributed by atoms with Crippen molar-refractivity contribution >= 4 is 35.0 Å². The highest BCUT2D eigenvalue weighted by Gasteiger charge is 2.27. The second-order valence-electron chi connectivity index (χ2n) is 4.80. The molecule has 1 aliphatic rings. The molecule has 2 rings (SSSR count). The maximum atomic E-state index is 11.8. The number of carbonyl (C=O) groups excluding carboxylic acids is 3. The summed E-state index contributed by atoms with van der Waals surface area (Å²) >= 11 is 6.06. The van der Waals surface area contributed by atoms with Gasteiger partial charge >= 0.3 is 6.03 Å². The first-order chi connectivity index (χ1) is 10.5. The lowest BCUT2D eigenvalue weighted by molar-refractivity contribution is -0.125. The fourth-order valence-corrected chi connectivity index (χ4v) is 2.36. The molecular weight excluding hydrogens is 306 g/mol. The highest BCUT2D eigenvalue weighted by Crippen LogP contribution is 2.22. The number of rotatable bonds is 5. The van der Waals surface area contributed by atoms with Gasteiger partial charge in [-0.1, -0.05) is 29.8 Å². The molecule has 6 nitrogen and oxygen atoms in total. The summed E-state index contributed by atoms with van der Waals surface area (Å²) < 4.78 is 0. The van der Waals surface area contributed by atoms with Gasteiger partial charge in [-0.2, -0.15) is 0 Å². The first-order valence-corrected chi connectivity index (χ1v) is 7.16. The molecule has 1 aliphatic heterocycles. The molecule has 1 fully saturated rings. The normalized spacial score (nSPS) is 15.0. The molecular formula is C15H16ClN3O3. The molecule has 4 amide bonds. The number of allylic oxidation sites excluding steroid dienone is 1. The van der Waals surface area contributed by atoms with E-state index in [0.717, 1.165) is 16.0 Å². The highest BCUT2D eigenvalue weighted by molar-refractivity contribution is 6.32. The molecule has 0 aromatic heterocycles. The molecule has 0 radical (unpaired) electrons. The third-order valence-electron chi connectivity index (χ3n) is 3.22. The third-order valence-corrected chi connectivity index (χ3v) is 3.55. The fourth-order valence-electron chi connectivity index (χ4n) is 2.08. The number of amides is 4. The van der Waals surface area contributed by atoms with Gasteiger partial charge in [0.25, 0.3) is 0 Å². The third kappa shape index (κ3) is 3.85. The van der Waals surface area contributed by atoms with E-state index in [1.807, 2.05) is 18.2 Å². The van der Waals surface area contributed by atoms with Gasteiger partial charge in [-0.05, 0) is 24.1 Å². The zero-order chi connectivity index (χ0) is 16.1. The van der Waals surface area contributed by atoms with E-state index in [1.165, 1.54) is 6.08 Å². The van der Waals surface area contributed by atoms with Crippen LogP contribution in [0.2, 0.25) is 5.02 Å². The van der Waals surface area contributed by atoms with Gasteiger partial charge in [0.15, 0.2) is 0 Å². The number of halogens is 1. The molecule has 0 atom stereocenters. The van der Waals surface area contributed by atoms with Crippen molar-refractivity contribution in [1.29, 1.82) is 0 Å². The average Bonchev–Trinajstić information content (AvgIpc) is 2.79. The van der Waals surface area contributed by atoms with Crippen LogP contribution in [0.15, 0.2) is 30.3 Å². The number of benzene rings is 1. The number of nitrogens with zero attached hydrogens (tertiary/aromatic N) is 1. The van der Waals surface area contributed by atoms with E-state index in [2.05, 4.69) is 10.6 Å². The lowest BCUT2D eigenvalue weighted by atomic mass is 10.1. The van der Waals surface area contributed by atoms with Crippen molar-refractivity contribution in [2.24, 2.45) is 0 Å². The monoisotopic (exact) mass is 321 g/mol. The number of imide groups is 1. The molecule has 22 heavy (non-hydrogen) atoms. The van der Waals surface area contributed by atoms with Gasteiger partial charge in [0.2, 0.25) is 11.8 Å². The molecule has 1 saturated heterocycles. The Morgan fingerprint density at radius 1 is 1.41 bits per heavy atom. The van der Waals surface area contributed by atoms with E-state index in [4.69, 9.17) is 11.6 Å². The van der Waals surface area contributed by atoms with Crippen molar-refractivity contribution in [2.45, 2.75) is 6.92 Å². The second-order valence-corrected chi connectivity index (χ2v) is 5.21. The summed E-state index contributed by atoms with van der Waals surface area (Å²) in [6.07, 6.45) is 1.44. The minimum absolute atomic E-state index is 0.0122. The minimum atomic E-state index is -0.429. The van der Waals surface area contributed by atoms with Gasteiger partial charge in [0, 0.05) is 24.2 Å². The van der Waals surface area contributed by atoms with Crippen molar-refractivity contribution in [3.8, 4) is 0 Å². The van der Waals surface area contributed by atoms with Gasteiger partial charge in [-0.15, -0.1) is 0 Å². The molecule has 1 aromatic carbocycles. The smallest absolute Gasteiger partial charge is 0.324 e. The van der Waals surface area contributed by atoms with Gasteiger partial charge in [0.1, 0.15) is 0 Å². The van der Waals surface area contributed by atoms with Crippen LogP contribution in [0.4, 0.5) is 4.79 Å². The first kappa shape index (κ1) is 16.0. The second kappa shape index (κ2) is 7.09. The van der Waals surface area contributed by atoms with Crippen LogP contribution in [-0.4, -0.2) is 42.4 Å². The highest BCUT2D eigenvalue weighted by atomic mass is 35.5. The molecule has 2 N–H and O–H groups in total. The Kier molecular flexibility index (Phi) is 5.16. The molecule has 1 heterocycles. The molecule has 7 heteroatoms. The number of carbonyl (C=O) groups is 3. The van der Waals surface area contributed by atoms with Crippen LogP contribution in [0.3, 0.4) is 0 Å². The van der Waals surface area contributed by atoms with Gasteiger partial charge in [-0.25, -0.2) is 4.79 Å².